The molecule has 112 valence electrons. The second kappa shape index (κ2) is 6.00. The Hall–Kier alpha value is -1.65. The third kappa shape index (κ3) is 2.87. The highest BCUT2D eigenvalue weighted by atomic mass is 16.5. The maximum absolute atomic E-state index is 12.7. The van der Waals surface area contributed by atoms with Crippen molar-refractivity contribution in [2.45, 2.75) is 25.7 Å². The van der Waals surface area contributed by atoms with Gasteiger partial charge in [-0.15, -0.1) is 0 Å². The summed E-state index contributed by atoms with van der Waals surface area (Å²) in [5.74, 6) is -0.485. The fraction of sp³-hybridized carbons (Fsp3) is 0.471. The van der Waals surface area contributed by atoms with Crippen LogP contribution in [0.1, 0.15) is 18.4 Å². The van der Waals surface area contributed by atoms with E-state index < -0.39 is 6.29 Å². The van der Waals surface area contributed by atoms with Crippen LogP contribution >= 0.6 is 0 Å². The van der Waals surface area contributed by atoms with Crippen molar-refractivity contribution in [1.29, 1.82) is 0 Å². The third-order valence-corrected chi connectivity index (χ3v) is 4.64. The van der Waals surface area contributed by atoms with E-state index in [2.05, 4.69) is 6.08 Å². The molecule has 0 bridgehead atoms. The van der Waals surface area contributed by atoms with Crippen molar-refractivity contribution in [3.05, 3.63) is 48.0 Å². The van der Waals surface area contributed by atoms with Gasteiger partial charge >= 0.3 is 0 Å². The number of aliphatic hydroxyl groups is 2. The lowest BCUT2D eigenvalue weighted by Gasteiger charge is -2.42. The van der Waals surface area contributed by atoms with Crippen LogP contribution < -0.4 is 0 Å². The van der Waals surface area contributed by atoms with Gasteiger partial charge in [-0.2, -0.15) is 0 Å². The number of amides is 1. The van der Waals surface area contributed by atoms with Crippen LogP contribution in [-0.2, 0) is 11.3 Å². The van der Waals surface area contributed by atoms with Crippen LogP contribution in [-0.4, -0.2) is 33.9 Å². The molecule has 2 N–H and O–H groups in total. The highest BCUT2D eigenvalue weighted by Gasteiger charge is 2.43. The van der Waals surface area contributed by atoms with E-state index in [1.54, 1.807) is 0 Å². The highest BCUT2D eigenvalue weighted by molar-refractivity contribution is 5.81. The summed E-state index contributed by atoms with van der Waals surface area (Å²) in [5.41, 5.74) is 1.11. The van der Waals surface area contributed by atoms with Crippen molar-refractivity contribution in [3.63, 3.8) is 0 Å². The second-order valence-electron chi connectivity index (χ2n) is 5.97. The van der Waals surface area contributed by atoms with E-state index in [0.29, 0.717) is 13.0 Å². The minimum absolute atomic E-state index is 0.0533. The normalized spacial score (nSPS) is 28.8. The summed E-state index contributed by atoms with van der Waals surface area (Å²) >= 11 is 0. The minimum Gasteiger partial charge on any atom is -0.368 e. The molecule has 0 radical (unpaired) electrons. The van der Waals surface area contributed by atoms with E-state index in [0.717, 1.165) is 18.5 Å². The Morgan fingerprint density at radius 1 is 1.24 bits per heavy atom. The number of fused-ring (bicyclic) bond motifs is 1. The molecule has 0 spiro atoms. The van der Waals surface area contributed by atoms with Crippen LogP contribution in [0, 0.1) is 17.8 Å². The Morgan fingerprint density at radius 3 is 2.71 bits per heavy atom. The van der Waals surface area contributed by atoms with Crippen LogP contribution in [0.15, 0.2) is 42.5 Å². The summed E-state index contributed by atoms with van der Waals surface area (Å²) in [6.07, 6.45) is 4.07. The molecule has 3 atom stereocenters. The lowest BCUT2D eigenvalue weighted by atomic mass is 9.71. The number of piperidine rings is 1. The van der Waals surface area contributed by atoms with Gasteiger partial charge in [0, 0.05) is 19.0 Å². The Morgan fingerprint density at radius 2 is 2.00 bits per heavy atom. The molecule has 4 heteroatoms. The summed E-state index contributed by atoms with van der Waals surface area (Å²) in [5, 5.41) is 19.1. The first kappa shape index (κ1) is 14.3. The number of hydrogen-bond donors (Lipinski definition) is 2. The van der Waals surface area contributed by atoms with E-state index in [-0.39, 0.29) is 23.7 Å². The molecular formula is C17H21NO3. The predicted octanol–water partition coefficient (Wildman–Crippen LogP) is 1.54. The lowest BCUT2D eigenvalue weighted by Crippen LogP contribution is -2.50. The van der Waals surface area contributed by atoms with Crippen LogP contribution in [0.5, 0.6) is 0 Å². The Bertz CT molecular complexity index is 526. The van der Waals surface area contributed by atoms with Crippen molar-refractivity contribution < 1.29 is 15.0 Å². The number of aliphatic hydroxyl groups excluding tert-OH is 1. The number of allylic oxidation sites excluding steroid dienone is 2. The Kier molecular flexibility index (Phi) is 4.08. The van der Waals surface area contributed by atoms with Gasteiger partial charge < -0.3 is 15.1 Å². The first-order valence-electron chi connectivity index (χ1n) is 7.52. The number of benzene rings is 1. The molecule has 1 saturated heterocycles. The molecule has 2 aliphatic rings. The number of hydrogen-bond acceptors (Lipinski definition) is 3. The van der Waals surface area contributed by atoms with Crippen molar-refractivity contribution in [2.75, 3.05) is 6.54 Å². The fourth-order valence-electron chi connectivity index (χ4n) is 3.53. The molecule has 0 saturated carbocycles. The molecule has 1 amide bonds. The number of likely N-dealkylation sites (tertiary alicyclic amines) is 1. The fourth-order valence-corrected chi connectivity index (χ4v) is 3.53. The van der Waals surface area contributed by atoms with Crippen LogP contribution in [0.4, 0.5) is 0 Å². The van der Waals surface area contributed by atoms with E-state index >= 15 is 0 Å². The molecular weight excluding hydrogens is 266 g/mol. The van der Waals surface area contributed by atoms with Gasteiger partial charge in [0.2, 0.25) is 5.91 Å². The molecule has 1 aromatic carbocycles. The van der Waals surface area contributed by atoms with Gasteiger partial charge in [0.05, 0.1) is 5.92 Å². The Labute approximate surface area is 124 Å². The zero-order valence-electron chi connectivity index (χ0n) is 11.9. The first-order chi connectivity index (χ1) is 10.2. The summed E-state index contributed by atoms with van der Waals surface area (Å²) in [7, 11) is 0. The van der Waals surface area contributed by atoms with Gasteiger partial charge in [0.25, 0.3) is 0 Å². The minimum atomic E-state index is -1.43. The summed E-state index contributed by atoms with van der Waals surface area (Å²) in [6, 6.07) is 9.92. The lowest BCUT2D eigenvalue weighted by molar-refractivity contribution is -0.157. The van der Waals surface area contributed by atoms with Gasteiger partial charge in [-0.1, -0.05) is 42.5 Å². The van der Waals surface area contributed by atoms with Gasteiger partial charge in [-0.05, 0) is 24.3 Å². The average molecular weight is 287 g/mol. The van der Waals surface area contributed by atoms with Crippen molar-refractivity contribution in [2.24, 2.45) is 17.8 Å². The topological polar surface area (TPSA) is 60.8 Å². The molecule has 1 aliphatic heterocycles. The van der Waals surface area contributed by atoms with Gasteiger partial charge in [0.15, 0.2) is 6.29 Å². The highest BCUT2D eigenvalue weighted by Crippen LogP contribution is 2.38. The molecule has 1 aliphatic carbocycles. The van der Waals surface area contributed by atoms with Crippen molar-refractivity contribution >= 4 is 5.91 Å². The first-order valence-corrected chi connectivity index (χ1v) is 7.52. The molecule has 1 heterocycles. The molecule has 1 aromatic rings. The number of rotatable bonds is 3. The standard InChI is InChI=1S/C17H21NO3/c19-16-15-13(7-4-8-14(15)17(20)21)9-10-18(16)11-12-5-2-1-3-6-12/h1-7,13-15,17,20-21H,8-11H2. The number of carbonyl (C=O) groups is 1. The largest absolute Gasteiger partial charge is 0.368 e. The van der Waals surface area contributed by atoms with Gasteiger partial charge in [-0.25, -0.2) is 0 Å². The summed E-state index contributed by atoms with van der Waals surface area (Å²) < 4.78 is 0. The molecule has 1 fully saturated rings. The van der Waals surface area contributed by atoms with Crippen LogP contribution in [0.3, 0.4) is 0 Å². The molecule has 4 nitrogen and oxygen atoms in total. The average Bonchev–Trinajstić information content (AvgIpc) is 2.50. The second-order valence-corrected chi connectivity index (χ2v) is 5.97. The smallest absolute Gasteiger partial charge is 0.227 e. The Balaban J connectivity index is 1.78. The SMILES string of the molecule is O=C1C2C(C=CCC2C(O)O)CCN1Cc1ccccc1. The van der Waals surface area contributed by atoms with Gasteiger partial charge in [-0.3, -0.25) is 4.79 Å². The van der Waals surface area contributed by atoms with E-state index in [1.165, 1.54) is 0 Å². The predicted molar refractivity (Wildman–Crippen MR) is 78.9 cm³/mol. The van der Waals surface area contributed by atoms with Crippen LogP contribution in [0.2, 0.25) is 0 Å². The third-order valence-electron chi connectivity index (χ3n) is 4.64. The van der Waals surface area contributed by atoms with Crippen molar-refractivity contribution in [3.8, 4) is 0 Å². The monoisotopic (exact) mass is 287 g/mol. The zero-order valence-corrected chi connectivity index (χ0v) is 11.9. The van der Waals surface area contributed by atoms with Crippen LogP contribution in [0.25, 0.3) is 0 Å². The summed E-state index contributed by atoms with van der Waals surface area (Å²) in [6.45, 7) is 1.33. The molecule has 21 heavy (non-hydrogen) atoms. The quantitative estimate of drug-likeness (QED) is 0.655. The molecule has 3 rings (SSSR count). The maximum atomic E-state index is 12.7. The summed E-state index contributed by atoms with van der Waals surface area (Å²) in [4.78, 5) is 14.6. The number of nitrogens with zero attached hydrogens (tertiary/aromatic N) is 1. The van der Waals surface area contributed by atoms with E-state index in [9.17, 15) is 15.0 Å². The maximum Gasteiger partial charge on any atom is 0.227 e. The molecule has 0 aromatic heterocycles. The van der Waals surface area contributed by atoms with E-state index in [4.69, 9.17) is 0 Å². The van der Waals surface area contributed by atoms with Crippen molar-refractivity contribution in [1.82, 2.24) is 4.90 Å². The molecule has 3 unspecified atom stereocenters. The zero-order chi connectivity index (χ0) is 14.8. The van der Waals surface area contributed by atoms with Gasteiger partial charge in [0.1, 0.15) is 0 Å². The van der Waals surface area contributed by atoms with E-state index in [1.807, 2.05) is 41.3 Å². The number of carbonyl (C=O) groups excluding carboxylic acids is 1.